The van der Waals surface area contributed by atoms with Gasteiger partial charge in [0.2, 0.25) is 0 Å². The molecule has 2 aromatic carbocycles. The van der Waals surface area contributed by atoms with Crippen molar-refractivity contribution in [2.45, 2.75) is 45.1 Å². The Labute approximate surface area is 230 Å². The number of nitrogens with zero attached hydrogens (tertiary/aromatic N) is 3. The number of aromatic hydroxyl groups is 1. The molecule has 0 radical (unpaired) electrons. The molecule has 0 amide bonds. The smallest absolute Gasteiger partial charge is 0.119 e. The molecule has 39 heavy (non-hydrogen) atoms. The van der Waals surface area contributed by atoms with E-state index >= 15 is 0 Å². The lowest BCUT2D eigenvalue weighted by atomic mass is 9.88. The lowest BCUT2D eigenvalue weighted by molar-refractivity contribution is 0.129. The first kappa shape index (κ1) is 26.9. The van der Waals surface area contributed by atoms with Gasteiger partial charge in [-0.3, -0.25) is 9.29 Å². The number of alkyl halides is 1. The van der Waals surface area contributed by atoms with Gasteiger partial charge in [-0.25, -0.2) is 4.98 Å². The van der Waals surface area contributed by atoms with Gasteiger partial charge in [-0.05, 0) is 109 Å². The molecule has 204 valence electrons. The number of allylic oxidation sites excluding steroid dienone is 6. The summed E-state index contributed by atoms with van der Waals surface area (Å²) in [7, 11) is 2.01. The lowest BCUT2D eigenvalue weighted by Crippen LogP contribution is -2.24. The van der Waals surface area contributed by atoms with Crippen LogP contribution in [0.5, 0.6) is 5.75 Å². The second-order valence-corrected chi connectivity index (χ2v) is 10.6. The lowest BCUT2D eigenvalue weighted by Gasteiger charge is -2.18. The number of fused-ring (bicyclic) bond motifs is 2. The van der Waals surface area contributed by atoms with Gasteiger partial charge in [0, 0.05) is 26.7 Å². The summed E-state index contributed by atoms with van der Waals surface area (Å²) in [5.74, 6) is 1.04. The molecule has 2 heterocycles. The topological polar surface area (TPSA) is 50.5 Å². The summed E-state index contributed by atoms with van der Waals surface area (Å²) in [6, 6.07) is 12.2. The Morgan fingerprint density at radius 1 is 1.21 bits per heavy atom. The summed E-state index contributed by atoms with van der Waals surface area (Å²) >= 11 is 0. The van der Waals surface area contributed by atoms with Gasteiger partial charge >= 0.3 is 0 Å². The van der Waals surface area contributed by atoms with Crippen molar-refractivity contribution in [1.29, 1.82) is 0 Å². The Hall–Kier alpha value is -3.64. The molecule has 1 aliphatic heterocycles. The van der Waals surface area contributed by atoms with Gasteiger partial charge in [-0.2, -0.15) is 0 Å². The molecule has 1 aliphatic carbocycles. The molecular weight excluding hydrogens is 489 g/mol. The van der Waals surface area contributed by atoms with E-state index in [0.29, 0.717) is 12.2 Å². The zero-order valence-electron chi connectivity index (χ0n) is 23.0. The van der Waals surface area contributed by atoms with E-state index in [4.69, 9.17) is 4.74 Å². The molecule has 1 atom stereocenters. The zero-order chi connectivity index (χ0) is 27.4. The van der Waals surface area contributed by atoms with E-state index in [1.807, 2.05) is 36.2 Å². The number of aryl methyl sites for hydroxylation is 2. The number of hydrogen-bond acceptors (Lipinski definition) is 4. The third kappa shape index (κ3) is 6.01. The molecule has 3 aromatic rings. The number of hydrogen-bond donors (Lipinski definition) is 1. The summed E-state index contributed by atoms with van der Waals surface area (Å²) < 4.78 is 20.9. The minimum Gasteiger partial charge on any atom is -0.508 e. The maximum Gasteiger partial charge on any atom is 0.119 e. The van der Waals surface area contributed by atoms with Crippen molar-refractivity contribution in [2.75, 3.05) is 26.3 Å². The molecule has 1 fully saturated rings. The first-order valence-electron chi connectivity index (χ1n) is 13.9. The third-order valence-electron chi connectivity index (χ3n) is 7.84. The molecule has 0 bridgehead atoms. The van der Waals surface area contributed by atoms with Crippen LogP contribution in [0.3, 0.4) is 0 Å². The Balaban J connectivity index is 1.50. The van der Waals surface area contributed by atoms with E-state index < -0.39 is 0 Å². The van der Waals surface area contributed by atoms with E-state index in [0.717, 1.165) is 78.8 Å². The van der Waals surface area contributed by atoms with Gasteiger partial charge < -0.3 is 14.4 Å². The van der Waals surface area contributed by atoms with Crippen LogP contribution in [0, 0.1) is 0 Å². The molecule has 1 N–H and O–H groups in total. The Morgan fingerprint density at radius 3 is 2.90 bits per heavy atom. The van der Waals surface area contributed by atoms with E-state index in [1.54, 1.807) is 12.1 Å². The van der Waals surface area contributed by atoms with Gasteiger partial charge in [-0.15, -0.1) is 0 Å². The van der Waals surface area contributed by atoms with Crippen molar-refractivity contribution in [1.82, 2.24) is 14.5 Å². The highest BCUT2D eigenvalue weighted by molar-refractivity contribution is 6.00. The summed E-state index contributed by atoms with van der Waals surface area (Å²) in [5, 5.41) is 10.2. The van der Waals surface area contributed by atoms with Gasteiger partial charge in [0.25, 0.3) is 0 Å². The van der Waals surface area contributed by atoms with Gasteiger partial charge in [0.15, 0.2) is 0 Å². The first-order valence-corrected chi connectivity index (χ1v) is 13.9. The van der Waals surface area contributed by atoms with Crippen LogP contribution in [0.4, 0.5) is 4.39 Å². The molecule has 1 aromatic heterocycles. The normalized spacial score (nSPS) is 18.9. The number of likely N-dealkylation sites (tertiary alicyclic amines) is 1. The number of aromatic nitrogens is 2. The van der Waals surface area contributed by atoms with Crippen molar-refractivity contribution in [3.63, 3.8) is 0 Å². The maximum atomic E-state index is 12.6. The number of rotatable bonds is 9. The number of halogens is 1. The number of phenols is 1. The van der Waals surface area contributed by atoms with Gasteiger partial charge in [0.05, 0.1) is 24.0 Å². The van der Waals surface area contributed by atoms with Gasteiger partial charge in [0.1, 0.15) is 17.6 Å². The maximum absolute atomic E-state index is 12.6. The van der Waals surface area contributed by atoms with Crippen LogP contribution < -0.4 is 0 Å². The standard InChI is InChI=1S/C33H38FN3O2/c1-4-27(39-28-15-18-37(21-28)17-6-16-34)12-9-23(2)33-29(8-5-7-24-19-26(38)11-13-30(24)33)25-10-14-32-31(20-25)35-22-36(32)3/h4,9-14,19-20,22,28,38H,1,5-8,15-18,21H2,2-3H3/b23-9+,27-12+/t28-/m0/s1. The fourth-order valence-electron chi connectivity index (χ4n) is 5.86. The van der Waals surface area contributed by atoms with Crippen LogP contribution in [-0.2, 0) is 18.2 Å². The highest BCUT2D eigenvalue weighted by atomic mass is 19.1. The van der Waals surface area contributed by atoms with Gasteiger partial charge in [-0.1, -0.05) is 24.8 Å². The SMILES string of the molecule is C=C/C(=C\C=C(/C)C1=C(c2ccc3c(c2)ncn3C)CCCc2cc(O)ccc21)O[C@H]1CCN(CCCF)C1. The van der Waals surface area contributed by atoms with Crippen molar-refractivity contribution >= 4 is 22.2 Å². The number of imidazole rings is 1. The van der Waals surface area contributed by atoms with Crippen LogP contribution in [0.1, 0.15) is 49.3 Å². The highest BCUT2D eigenvalue weighted by Crippen LogP contribution is 2.41. The summed E-state index contributed by atoms with van der Waals surface area (Å²) in [6.45, 7) is 8.37. The largest absolute Gasteiger partial charge is 0.508 e. The van der Waals surface area contributed by atoms with Crippen LogP contribution in [0.25, 0.3) is 22.2 Å². The predicted molar refractivity (Wildman–Crippen MR) is 157 cm³/mol. The van der Waals surface area contributed by atoms with Crippen LogP contribution in [0.2, 0.25) is 0 Å². The predicted octanol–water partition coefficient (Wildman–Crippen LogP) is 6.99. The Bertz CT molecular complexity index is 1450. The molecule has 0 unspecified atom stereocenters. The molecule has 5 rings (SSSR count). The van der Waals surface area contributed by atoms with Crippen molar-refractivity contribution in [3.05, 3.63) is 95.6 Å². The average Bonchev–Trinajstić information content (AvgIpc) is 3.49. The van der Waals surface area contributed by atoms with E-state index in [-0.39, 0.29) is 12.8 Å². The van der Waals surface area contributed by atoms with Crippen molar-refractivity contribution in [2.24, 2.45) is 7.05 Å². The molecular formula is C33H38FN3O2. The number of benzene rings is 2. The Kier molecular flexibility index (Phi) is 8.32. The summed E-state index contributed by atoms with van der Waals surface area (Å²) in [4.78, 5) is 6.86. The minimum atomic E-state index is -0.278. The number of ether oxygens (including phenoxy) is 1. The quantitative estimate of drug-likeness (QED) is 0.241. The third-order valence-corrected chi connectivity index (χ3v) is 7.84. The molecule has 6 heteroatoms. The van der Waals surface area contributed by atoms with Crippen LogP contribution in [-0.4, -0.2) is 52.0 Å². The molecule has 0 spiro atoms. The zero-order valence-corrected chi connectivity index (χ0v) is 23.0. The highest BCUT2D eigenvalue weighted by Gasteiger charge is 2.24. The number of phenolic OH excluding ortho intramolecular Hbond substituents is 1. The molecule has 5 nitrogen and oxygen atoms in total. The minimum absolute atomic E-state index is 0.0871. The second-order valence-electron chi connectivity index (χ2n) is 10.6. The second kappa shape index (κ2) is 12.0. The fraction of sp³-hybridized carbons (Fsp3) is 0.364. The van der Waals surface area contributed by atoms with E-state index in [1.165, 1.54) is 16.7 Å². The molecule has 1 saturated heterocycles. The average molecular weight is 528 g/mol. The van der Waals surface area contributed by atoms with E-state index in [9.17, 15) is 9.50 Å². The Morgan fingerprint density at radius 2 is 2.08 bits per heavy atom. The first-order chi connectivity index (χ1) is 19.0. The molecule has 2 aliphatic rings. The van der Waals surface area contributed by atoms with E-state index in [2.05, 4.69) is 47.7 Å². The van der Waals surface area contributed by atoms with Crippen molar-refractivity contribution < 1.29 is 14.2 Å². The van der Waals surface area contributed by atoms with Crippen LogP contribution >= 0.6 is 0 Å². The summed E-state index contributed by atoms with van der Waals surface area (Å²) in [6.07, 6.45) is 12.2. The van der Waals surface area contributed by atoms with Crippen LogP contribution in [0.15, 0.2) is 78.9 Å². The monoisotopic (exact) mass is 527 g/mol. The van der Waals surface area contributed by atoms with Crippen molar-refractivity contribution in [3.8, 4) is 5.75 Å². The fourth-order valence-corrected chi connectivity index (χ4v) is 5.86. The summed E-state index contributed by atoms with van der Waals surface area (Å²) in [5.41, 5.74) is 9.19. The molecule has 0 saturated carbocycles.